The number of oxime groups is 1. The number of amides is 1. The van der Waals surface area contributed by atoms with Crippen molar-refractivity contribution in [1.29, 1.82) is 0 Å². The Morgan fingerprint density at radius 3 is 2.95 bits per heavy atom. The number of rotatable bonds is 4. The first-order valence-electron chi connectivity index (χ1n) is 7.09. The SMILES string of the molecule is CCO/N=C/C1C2CN(C(=O)O)CC12c1ccc(Cl)c(Cl)c1. The van der Waals surface area contributed by atoms with E-state index in [0.717, 1.165) is 5.56 Å². The number of hydrogen-bond acceptors (Lipinski definition) is 3. The van der Waals surface area contributed by atoms with Gasteiger partial charge in [-0.1, -0.05) is 34.4 Å². The summed E-state index contributed by atoms with van der Waals surface area (Å²) in [5.41, 5.74) is 0.733. The van der Waals surface area contributed by atoms with Crippen LogP contribution in [0.1, 0.15) is 12.5 Å². The molecule has 2 aliphatic rings. The number of nitrogens with zero attached hydrogens (tertiary/aromatic N) is 2. The molecule has 3 rings (SSSR count). The predicted molar refractivity (Wildman–Crippen MR) is 84.8 cm³/mol. The van der Waals surface area contributed by atoms with E-state index in [1.165, 1.54) is 4.90 Å². The first-order chi connectivity index (χ1) is 10.5. The maximum atomic E-state index is 11.2. The Kier molecular flexibility index (Phi) is 3.95. The van der Waals surface area contributed by atoms with Crippen LogP contribution >= 0.6 is 23.2 Å². The van der Waals surface area contributed by atoms with Crippen molar-refractivity contribution in [1.82, 2.24) is 4.90 Å². The van der Waals surface area contributed by atoms with Gasteiger partial charge in [0, 0.05) is 30.6 Å². The zero-order valence-corrected chi connectivity index (χ0v) is 13.5. The second-order valence-electron chi connectivity index (χ2n) is 5.64. The van der Waals surface area contributed by atoms with Gasteiger partial charge in [-0.2, -0.15) is 0 Å². The third kappa shape index (κ3) is 2.32. The molecule has 5 nitrogen and oxygen atoms in total. The van der Waals surface area contributed by atoms with Crippen LogP contribution in [0.5, 0.6) is 0 Å². The summed E-state index contributed by atoms with van der Waals surface area (Å²) in [5.74, 6) is 0.358. The summed E-state index contributed by atoms with van der Waals surface area (Å²) in [6.07, 6.45) is 0.891. The van der Waals surface area contributed by atoms with Crippen molar-refractivity contribution < 1.29 is 14.7 Å². The fraction of sp³-hybridized carbons (Fsp3) is 0.467. The van der Waals surface area contributed by atoms with Crippen LogP contribution in [0.4, 0.5) is 4.79 Å². The van der Waals surface area contributed by atoms with Crippen LogP contribution in [0.2, 0.25) is 10.0 Å². The topological polar surface area (TPSA) is 62.1 Å². The summed E-state index contributed by atoms with van der Waals surface area (Å²) < 4.78 is 0. The average molecular weight is 343 g/mol. The van der Waals surface area contributed by atoms with E-state index in [1.54, 1.807) is 12.3 Å². The smallest absolute Gasteiger partial charge is 0.407 e. The number of piperidine rings is 1. The third-order valence-corrected chi connectivity index (χ3v) is 5.34. The molecular formula is C15H16Cl2N2O3. The van der Waals surface area contributed by atoms with Crippen LogP contribution < -0.4 is 0 Å². The largest absolute Gasteiger partial charge is 0.465 e. The molecule has 3 atom stereocenters. The molecule has 118 valence electrons. The molecule has 1 heterocycles. The average Bonchev–Trinajstić information content (AvgIpc) is 2.90. The molecule has 0 spiro atoms. The fourth-order valence-electron chi connectivity index (χ4n) is 3.52. The lowest BCUT2D eigenvalue weighted by Gasteiger charge is -2.21. The molecule has 0 aromatic heterocycles. The Morgan fingerprint density at radius 1 is 1.55 bits per heavy atom. The lowest BCUT2D eigenvalue weighted by molar-refractivity contribution is 0.147. The fourth-order valence-corrected chi connectivity index (χ4v) is 3.81. The monoisotopic (exact) mass is 342 g/mol. The molecule has 3 unspecified atom stereocenters. The Bertz CT molecular complexity index is 637. The highest BCUT2D eigenvalue weighted by Gasteiger charge is 2.70. The highest BCUT2D eigenvalue weighted by molar-refractivity contribution is 6.42. The lowest BCUT2D eigenvalue weighted by atomic mass is 9.93. The minimum absolute atomic E-state index is 0.159. The number of fused-ring (bicyclic) bond motifs is 1. The molecule has 1 aliphatic heterocycles. The van der Waals surface area contributed by atoms with Crippen LogP contribution in [0.25, 0.3) is 0 Å². The normalized spacial score (nSPS) is 29.7. The van der Waals surface area contributed by atoms with Gasteiger partial charge in [-0.3, -0.25) is 0 Å². The van der Waals surface area contributed by atoms with E-state index < -0.39 is 6.09 Å². The summed E-state index contributed by atoms with van der Waals surface area (Å²) in [5, 5.41) is 14.2. The van der Waals surface area contributed by atoms with Gasteiger partial charge in [0.05, 0.1) is 10.0 Å². The molecule has 1 aromatic rings. The van der Waals surface area contributed by atoms with Crippen LogP contribution in [0.15, 0.2) is 23.4 Å². The maximum absolute atomic E-state index is 11.2. The van der Waals surface area contributed by atoms with Crippen LogP contribution in [-0.2, 0) is 10.3 Å². The van der Waals surface area contributed by atoms with E-state index in [9.17, 15) is 9.90 Å². The van der Waals surface area contributed by atoms with Gasteiger partial charge in [-0.05, 0) is 30.5 Å². The number of hydrogen-bond donors (Lipinski definition) is 1. The van der Waals surface area contributed by atoms with Gasteiger partial charge in [0.15, 0.2) is 0 Å². The second kappa shape index (κ2) is 5.63. The Labute approximate surface area is 138 Å². The van der Waals surface area contributed by atoms with Gasteiger partial charge in [0.1, 0.15) is 6.61 Å². The van der Waals surface area contributed by atoms with Gasteiger partial charge in [0.25, 0.3) is 0 Å². The minimum Gasteiger partial charge on any atom is -0.465 e. The summed E-state index contributed by atoms with van der Waals surface area (Å²) in [6, 6.07) is 5.50. The van der Waals surface area contributed by atoms with Crippen molar-refractivity contribution in [3.8, 4) is 0 Å². The standard InChI is InChI=1S/C15H16Cl2N2O3/c1-2-22-18-6-10-11-7-19(14(20)21)8-15(10,11)9-3-4-12(16)13(17)5-9/h3-6,10-11H,2,7-8H2,1H3,(H,20,21)/b18-6+. The van der Waals surface area contributed by atoms with Gasteiger partial charge >= 0.3 is 6.09 Å². The molecular weight excluding hydrogens is 327 g/mol. The second-order valence-corrected chi connectivity index (χ2v) is 6.45. The van der Waals surface area contributed by atoms with Gasteiger partial charge in [-0.25, -0.2) is 4.79 Å². The lowest BCUT2D eigenvalue weighted by Crippen LogP contribution is -2.33. The minimum atomic E-state index is -0.896. The third-order valence-electron chi connectivity index (χ3n) is 4.60. The van der Waals surface area contributed by atoms with E-state index in [-0.39, 0.29) is 17.3 Å². The Hall–Kier alpha value is -1.46. The first kappa shape index (κ1) is 15.4. The zero-order chi connectivity index (χ0) is 15.9. The number of likely N-dealkylation sites (tertiary alicyclic amines) is 1. The molecule has 1 amide bonds. The van der Waals surface area contributed by atoms with E-state index in [4.69, 9.17) is 28.0 Å². The number of carbonyl (C=O) groups is 1. The van der Waals surface area contributed by atoms with Crippen molar-refractivity contribution in [3.63, 3.8) is 0 Å². The van der Waals surface area contributed by atoms with Crippen LogP contribution in [0, 0.1) is 11.8 Å². The molecule has 1 N–H and O–H groups in total. The molecule has 1 aromatic carbocycles. The van der Waals surface area contributed by atoms with Gasteiger partial charge in [-0.15, -0.1) is 0 Å². The molecule has 7 heteroatoms. The van der Waals surface area contributed by atoms with E-state index in [1.807, 2.05) is 19.1 Å². The molecule has 2 fully saturated rings. The van der Waals surface area contributed by atoms with Crippen molar-refractivity contribution >= 4 is 35.5 Å². The summed E-state index contributed by atoms with van der Waals surface area (Å²) in [7, 11) is 0. The van der Waals surface area contributed by atoms with Crippen molar-refractivity contribution in [2.75, 3.05) is 19.7 Å². The Balaban J connectivity index is 1.91. The molecule has 1 aliphatic carbocycles. The van der Waals surface area contributed by atoms with Crippen molar-refractivity contribution in [3.05, 3.63) is 33.8 Å². The molecule has 22 heavy (non-hydrogen) atoms. The quantitative estimate of drug-likeness (QED) is 0.672. The number of benzene rings is 1. The summed E-state index contributed by atoms with van der Waals surface area (Å²) in [4.78, 5) is 17.7. The summed E-state index contributed by atoms with van der Waals surface area (Å²) >= 11 is 12.1. The summed E-state index contributed by atoms with van der Waals surface area (Å²) in [6.45, 7) is 3.31. The zero-order valence-electron chi connectivity index (χ0n) is 12.0. The maximum Gasteiger partial charge on any atom is 0.407 e. The number of carboxylic acid groups (broad SMARTS) is 1. The number of halogens is 2. The molecule has 1 saturated heterocycles. The Morgan fingerprint density at radius 2 is 2.32 bits per heavy atom. The molecule has 0 bridgehead atoms. The molecule has 0 radical (unpaired) electrons. The van der Waals surface area contributed by atoms with Crippen LogP contribution in [-0.4, -0.2) is 42.0 Å². The first-order valence-corrected chi connectivity index (χ1v) is 7.85. The highest BCUT2D eigenvalue weighted by Crippen LogP contribution is 2.63. The predicted octanol–water partition coefficient (Wildman–Crippen LogP) is 3.49. The van der Waals surface area contributed by atoms with E-state index in [0.29, 0.717) is 29.7 Å². The van der Waals surface area contributed by atoms with Crippen molar-refractivity contribution in [2.45, 2.75) is 12.3 Å². The van der Waals surface area contributed by atoms with Crippen LogP contribution in [0.3, 0.4) is 0 Å². The van der Waals surface area contributed by atoms with E-state index >= 15 is 0 Å². The highest BCUT2D eigenvalue weighted by atomic mass is 35.5. The van der Waals surface area contributed by atoms with E-state index in [2.05, 4.69) is 5.16 Å². The molecule has 1 saturated carbocycles. The van der Waals surface area contributed by atoms with Gasteiger partial charge < -0.3 is 14.8 Å². The van der Waals surface area contributed by atoms with Crippen molar-refractivity contribution in [2.24, 2.45) is 17.0 Å². The van der Waals surface area contributed by atoms with Gasteiger partial charge in [0.2, 0.25) is 0 Å².